The van der Waals surface area contributed by atoms with Gasteiger partial charge in [0.2, 0.25) is 10.0 Å². The second-order valence-electron chi connectivity index (χ2n) is 2.35. The van der Waals surface area contributed by atoms with Gasteiger partial charge >= 0.3 is 0 Å². The molecule has 0 aromatic carbocycles. The smallest absolute Gasteiger partial charge is 0.211 e. The third-order valence-electron chi connectivity index (χ3n) is 1.32. The highest BCUT2D eigenvalue weighted by molar-refractivity contribution is 7.88. The van der Waals surface area contributed by atoms with Crippen LogP contribution in [0.3, 0.4) is 0 Å². The summed E-state index contributed by atoms with van der Waals surface area (Å²) in [4.78, 5) is 0. The van der Waals surface area contributed by atoms with Crippen molar-refractivity contribution in [1.82, 2.24) is 24.9 Å². The number of tetrazole rings is 1. The number of rotatable bonds is 3. The molecular formula is C4H9N5O2S. The molecule has 0 fully saturated rings. The Morgan fingerprint density at radius 1 is 1.58 bits per heavy atom. The third kappa shape index (κ3) is 2.24. The number of nitrogens with one attached hydrogen (secondary N) is 1. The fourth-order valence-electron chi connectivity index (χ4n) is 0.566. The number of hydrogen-bond donors (Lipinski definition) is 1. The monoisotopic (exact) mass is 191 g/mol. The van der Waals surface area contributed by atoms with Gasteiger partial charge in [0.1, 0.15) is 0 Å². The highest BCUT2D eigenvalue weighted by atomic mass is 32.2. The van der Waals surface area contributed by atoms with Gasteiger partial charge in [0.05, 0.1) is 12.8 Å². The molecule has 0 saturated carbocycles. The number of hydrogen-bond acceptors (Lipinski definition) is 5. The predicted molar refractivity (Wildman–Crippen MR) is 40.5 cm³/mol. The van der Waals surface area contributed by atoms with Gasteiger partial charge < -0.3 is 0 Å². The summed E-state index contributed by atoms with van der Waals surface area (Å²) in [5.41, 5.74) is 0. The first-order valence-electron chi connectivity index (χ1n) is 3.14. The summed E-state index contributed by atoms with van der Waals surface area (Å²) >= 11 is 0. The molecule has 12 heavy (non-hydrogen) atoms. The first-order chi connectivity index (χ1) is 5.50. The van der Waals surface area contributed by atoms with E-state index in [-0.39, 0.29) is 6.54 Å². The van der Waals surface area contributed by atoms with Crippen LogP contribution >= 0.6 is 0 Å². The normalized spacial score (nSPS) is 12.2. The summed E-state index contributed by atoms with van der Waals surface area (Å²) in [6, 6.07) is 0. The molecule has 0 atom stereocenters. The standard InChI is InChI=1S/C4H9N5O2S/c1-9(12(2,10)11)3-4-5-7-8-6-4/h3H2,1-2H3,(H,5,6,7,8). The van der Waals surface area contributed by atoms with Crippen LogP contribution < -0.4 is 0 Å². The van der Waals surface area contributed by atoms with Crippen molar-refractivity contribution in [2.24, 2.45) is 0 Å². The van der Waals surface area contributed by atoms with Gasteiger partial charge in [-0.05, 0) is 0 Å². The number of H-pyrrole nitrogens is 1. The Balaban J connectivity index is 2.66. The van der Waals surface area contributed by atoms with E-state index in [1.54, 1.807) is 0 Å². The maximum Gasteiger partial charge on any atom is 0.211 e. The van der Waals surface area contributed by atoms with Crippen LogP contribution in [0, 0.1) is 0 Å². The lowest BCUT2D eigenvalue weighted by molar-refractivity contribution is 0.462. The second-order valence-corrected chi connectivity index (χ2v) is 4.44. The van der Waals surface area contributed by atoms with Crippen molar-refractivity contribution in [3.63, 3.8) is 0 Å². The molecule has 1 aromatic heterocycles. The van der Waals surface area contributed by atoms with Crippen LogP contribution in [-0.4, -0.2) is 46.7 Å². The number of nitrogens with zero attached hydrogens (tertiary/aromatic N) is 4. The summed E-state index contributed by atoms with van der Waals surface area (Å²) in [5.74, 6) is 0.350. The highest BCUT2D eigenvalue weighted by Gasteiger charge is 2.12. The zero-order valence-electron chi connectivity index (χ0n) is 6.72. The number of aromatic nitrogens is 4. The Labute approximate surface area is 69.8 Å². The minimum atomic E-state index is -3.17. The minimum Gasteiger partial charge on any atom is -0.213 e. The summed E-state index contributed by atoms with van der Waals surface area (Å²) in [7, 11) is -1.72. The van der Waals surface area contributed by atoms with Gasteiger partial charge in [-0.1, -0.05) is 5.21 Å². The molecule has 0 spiro atoms. The molecule has 0 aliphatic carbocycles. The highest BCUT2D eigenvalue weighted by Crippen LogP contribution is 1.97. The van der Waals surface area contributed by atoms with Crippen LogP contribution in [-0.2, 0) is 16.6 Å². The molecule has 0 saturated heterocycles. The fourth-order valence-corrected chi connectivity index (χ4v) is 0.916. The molecule has 1 aromatic rings. The Morgan fingerprint density at radius 3 is 2.67 bits per heavy atom. The molecule has 68 valence electrons. The van der Waals surface area contributed by atoms with E-state index in [1.807, 2.05) is 0 Å². The summed E-state index contributed by atoms with van der Waals surface area (Å²) < 4.78 is 22.9. The SMILES string of the molecule is CN(Cc1nn[nH]n1)S(C)(=O)=O. The zero-order chi connectivity index (χ0) is 9.19. The number of sulfonamides is 1. The Morgan fingerprint density at radius 2 is 2.25 bits per heavy atom. The minimum absolute atomic E-state index is 0.134. The van der Waals surface area contributed by atoms with Crippen LogP contribution in [0.25, 0.3) is 0 Å². The lowest BCUT2D eigenvalue weighted by Gasteiger charge is -2.10. The summed E-state index contributed by atoms with van der Waals surface area (Å²) in [6.07, 6.45) is 1.12. The average Bonchev–Trinajstić information content (AvgIpc) is 2.37. The van der Waals surface area contributed by atoms with Crippen molar-refractivity contribution in [1.29, 1.82) is 0 Å². The molecule has 0 amide bonds. The fraction of sp³-hybridized carbons (Fsp3) is 0.750. The molecule has 0 aliphatic heterocycles. The molecule has 0 unspecified atom stereocenters. The second kappa shape index (κ2) is 3.15. The van der Waals surface area contributed by atoms with Gasteiger partial charge in [-0.2, -0.15) is 9.52 Å². The van der Waals surface area contributed by atoms with Gasteiger partial charge in [-0.3, -0.25) is 0 Å². The Bertz CT molecular complexity index is 330. The van der Waals surface area contributed by atoms with Gasteiger partial charge in [0, 0.05) is 7.05 Å². The number of aromatic amines is 1. The molecule has 1 heterocycles. The Kier molecular flexibility index (Phi) is 2.38. The molecular weight excluding hydrogens is 182 g/mol. The lowest BCUT2D eigenvalue weighted by atomic mass is 10.6. The van der Waals surface area contributed by atoms with Crippen molar-refractivity contribution in [3.8, 4) is 0 Å². The van der Waals surface area contributed by atoms with Gasteiger partial charge in [-0.25, -0.2) is 8.42 Å². The van der Waals surface area contributed by atoms with Crippen LogP contribution in [0.15, 0.2) is 0 Å². The first kappa shape index (κ1) is 9.07. The molecule has 0 aliphatic rings. The van der Waals surface area contributed by atoms with Crippen molar-refractivity contribution in [2.75, 3.05) is 13.3 Å². The summed E-state index contributed by atoms with van der Waals surface area (Å²) in [5, 5.41) is 12.8. The van der Waals surface area contributed by atoms with Crippen LogP contribution in [0.5, 0.6) is 0 Å². The largest absolute Gasteiger partial charge is 0.213 e. The molecule has 1 rings (SSSR count). The molecule has 8 heteroatoms. The average molecular weight is 191 g/mol. The van der Waals surface area contributed by atoms with Crippen molar-refractivity contribution in [2.45, 2.75) is 6.54 Å². The topological polar surface area (TPSA) is 91.8 Å². The maximum atomic E-state index is 10.9. The molecule has 0 radical (unpaired) electrons. The van der Waals surface area contributed by atoms with Crippen molar-refractivity contribution < 1.29 is 8.42 Å². The van der Waals surface area contributed by atoms with Crippen LogP contribution in [0.1, 0.15) is 5.82 Å². The lowest BCUT2D eigenvalue weighted by Crippen LogP contribution is -2.25. The third-order valence-corrected chi connectivity index (χ3v) is 2.58. The van der Waals surface area contributed by atoms with E-state index in [9.17, 15) is 8.42 Å². The Hall–Kier alpha value is -1.02. The van der Waals surface area contributed by atoms with E-state index in [0.29, 0.717) is 5.82 Å². The van der Waals surface area contributed by atoms with Crippen LogP contribution in [0.4, 0.5) is 0 Å². The van der Waals surface area contributed by atoms with Crippen molar-refractivity contribution >= 4 is 10.0 Å². The van der Waals surface area contributed by atoms with E-state index in [4.69, 9.17) is 0 Å². The molecule has 0 bridgehead atoms. The summed E-state index contributed by atoms with van der Waals surface area (Å²) in [6.45, 7) is 0.134. The van der Waals surface area contributed by atoms with E-state index < -0.39 is 10.0 Å². The quantitative estimate of drug-likeness (QED) is 0.633. The van der Waals surface area contributed by atoms with Crippen molar-refractivity contribution in [3.05, 3.63) is 5.82 Å². The van der Waals surface area contributed by atoms with E-state index in [1.165, 1.54) is 7.05 Å². The van der Waals surface area contributed by atoms with E-state index in [0.717, 1.165) is 10.6 Å². The maximum absolute atomic E-state index is 10.9. The van der Waals surface area contributed by atoms with Gasteiger partial charge in [0.25, 0.3) is 0 Å². The van der Waals surface area contributed by atoms with E-state index in [2.05, 4.69) is 20.6 Å². The van der Waals surface area contributed by atoms with E-state index >= 15 is 0 Å². The van der Waals surface area contributed by atoms with Gasteiger partial charge in [-0.15, -0.1) is 10.2 Å². The van der Waals surface area contributed by atoms with Crippen LogP contribution in [0.2, 0.25) is 0 Å². The van der Waals surface area contributed by atoms with Gasteiger partial charge in [0.15, 0.2) is 5.82 Å². The zero-order valence-corrected chi connectivity index (χ0v) is 7.54. The molecule has 1 N–H and O–H groups in total. The first-order valence-corrected chi connectivity index (χ1v) is 4.98. The molecule has 7 nitrogen and oxygen atoms in total. The predicted octanol–water partition coefficient (Wildman–Crippen LogP) is -1.41.